The first-order chi connectivity index (χ1) is 24.1. The summed E-state index contributed by atoms with van der Waals surface area (Å²) in [5.74, 6) is 3.16. The number of ether oxygens (including phenoxy) is 2. The van der Waals surface area contributed by atoms with Gasteiger partial charge in [-0.15, -0.1) is 34.8 Å². The Morgan fingerprint density at radius 2 is 1.20 bits per heavy atom. The molecule has 276 valence electrons. The van der Waals surface area contributed by atoms with Crippen molar-refractivity contribution in [3.8, 4) is 0 Å². The summed E-state index contributed by atoms with van der Waals surface area (Å²) >= 11 is 17.6. The minimum Gasteiger partial charge on any atom is -0.469 e. The number of hydrogen-bond donors (Lipinski definition) is 1. The predicted octanol–water partition coefficient (Wildman–Crippen LogP) is 6.24. The fourth-order valence-corrected chi connectivity index (χ4v) is 6.30. The van der Waals surface area contributed by atoms with Crippen LogP contribution in [0.2, 0.25) is 0 Å². The van der Waals surface area contributed by atoms with Gasteiger partial charge in [0.05, 0.1) is 41.9 Å². The van der Waals surface area contributed by atoms with Gasteiger partial charge in [0.2, 0.25) is 0 Å². The van der Waals surface area contributed by atoms with E-state index in [1.165, 1.54) is 7.11 Å². The number of methoxy groups -OCH3 is 1. The molecule has 0 atom stereocenters. The normalized spacial score (nSPS) is 11.2. The molecule has 4 rings (SSSR count). The van der Waals surface area contributed by atoms with Crippen molar-refractivity contribution in [1.82, 2.24) is 19.1 Å². The third-order valence-corrected chi connectivity index (χ3v) is 8.74. The zero-order valence-corrected chi connectivity index (χ0v) is 32.1. The van der Waals surface area contributed by atoms with Gasteiger partial charge in [-0.3, -0.25) is 9.59 Å². The number of hydrogen-bond acceptors (Lipinski definition) is 9. The van der Waals surface area contributed by atoms with Crippen LogP contribution >= 0.6 is 34.8 Å². The van der Waals surface area contributed by atoms with Crippen LogP contribution in [0.3, 0.4) is 0 Å². The summed E-state index contributed by atoms with van der Waals surface area (Å²) in [4.78, 5) is 36.5. The smallest absolute Gasteiger partial charge is 0.306 e. The van der Waals surface area contributed by atoms with Crippen LogP contribution in [0.25, 0.3) is 22.1 Å². The van der Waals surface area contributed by atoms with Gasteiger partial charge in [-0.25, -0.2) is 9.97 Å². The summed E-state index contributed by atoms with van der Waals surface area (Å²) in [5.41, 5.74) is 6.03. The van der Waals surface area contributed by atoms with E-state index in [-0.39, 0.29) is 24.6 Å². The fraction of sp³-hybridized carbons (Fsp3) is 0.556. The van der Waals surface area contributed by atoms with Crippen molar-refractivity contribution in [2.24, 2.45) is 14.1 Å². The molecule has 2 heterocycles. The third-order valence-electron chi connectivity index (χ3n) is 8.23. The van der Waals surface area contributed by atoms with Gasteiger partial charge in [0.15, 0.2) is 0 Å². The Hall–Kier alpha value is -3.25. The van der Waals surface area contributed by atoms with Crippen LogP contribution in [0.4, 0.5) is 11.4 Å². The molecule has 0 bridgehead atoms. The summed E-state index contributed by atoms with van der Waals surface area (Å²) in [7, 11) is 5.39. The van der Waals surface area contributed by atoms with Gasteiger partial charge in [0.25, 0.3) is 0 Å². The number of aliphatic hydroxyl groups excluding tert-OH is 1. The van der Waals surface area contributed by atoms with Crippen LogP contribution in [-0.4, -0.2) is 99.8 Å². The minimum absolute atomic E-state index is 0.0773. The second kappa shape index (κ2) is 21.2. The lowest BCUT2D eigenvalue weighted by atomic mass is 10.2. The average molecular weight is 754 g/mol. The molecule has 0 spiro atoms. The lowest BCUT2D eigenvalue weighted by Crippen LogP contribution is -2.28. The predicted molar refractivity (Wildman–Crippen MR) is 204 cm³/mol. The molecule has 2 aromatic carbocycles. The topological polar surface area (TPSA) is 115 Å². The molecule has 0 amide bonds. The zero-order chi connectivity index (χ0) is 36.6. The van der Waals surface area contributed by atoms with Crippen LogP contribution in [0, 0.1) is 0 Å². The highest BCUT2D eigenvalue weighted by Crippen LogP contribution is 2.25. The average Bonchev–Trinajstić information content (AvgIpc) is 3.58. The van der Waals surface area contributed by atoms with Crippen LogP contribution in [0.1, 0.15) is 51.2 Å². The standard InChI is InChI=1S/C19H28ClN3O3.C17H23Cl2N3O2/c1-14(2)26-19(25)6-4-5-18-21-16-13-15(7-8-17(16)22(18)3)23(10-9-20)11-12-24;1-21-15-7-6-13(22(10-8-18)11-9-19)12-14(15)20-16(21)4-3-5-17(23)24-2/h7-8,13-14,24H,4-6,9-12H2,1-3H3;6-7,12H,3-5,8-11H2,1-2H3. The molecule has 50 heavy (non-hydrogen) atoms. The van der Waals surface area contributed by atoms with Crippen LogP contribution in [0.5, 0.6) is 0 Å². The van der Waals surface area contributed by atoms with E-state index in [2.05, 4.69) is 37.0 Å². The monoisotopic (exact) mass is 752 g/mol. The number of esters is 2. The van der Waals surface area contributed by atoms with E-state index >= 15 is 0 Å². The Balaban J connectivity index is 0.000000271. The summed E-state index contributed by atoms with van der Waals surface area (Å²) in [6.07, 6.45) is 3.61. The van der Waals surface area contributed by atoms with Crippen molar-refractivity contribution < 1.29 is 24.2 Å². The number of aryl methyl sites for hydroxylation is 4. The van der Waals surface area contributed by atoms with Gasteiger partial charge in [-0.1, -0.05) is 0 Å². The second-order valence-corrected chi connectivity index (χ2v) is 13.2. The number of rotatable bonds is 19. The van der Waals surface area contributed by atoms with E-state index in [1.54, 1.807) is 0 Å². The molecule has 0 fully saturated rings. The molecule has 11 nitrogen and oxygen atoms in total. The quantitative estimate of drug-likeness (QED) is 0.0879. The first kappa shape index (κ1) is 41.2. The maximum Gasteiger partial charge on any atom is 0.306 e. The number of benzene rings is 2. The molecular formula is C36H51Cl3N6O5. The number of nitrogens with zero attached hydrogens (tertiary/aromatic N) is 6. The number of halogens is 3. The number of anilines is 2. The van der Waals surface area contributed by atoms with Crippen molar-refractivity contribution in [1.29, 1.82) is 0 Å². The molecule has 4 aromatic rings. The van der Waals surface area contributed by atoms with Gasteiger partial charge < -0.3 is 33.5 Å². The van der Waals surface area contributed by atoms with E-state index < -0.39 is 0 Å². The van der Waals surface area contributed by atoms with Crippen LogP contribution in [-0.2, 0) is 46.0 Å². The van der Waals surface area contributed by atoms with Crippen molar-refractivity contribution in [2.75, 3.05) is 67.3 Å². The first-order valence-electron chi connectivity index (χ1n) is 17.0. The number of fused-ring (bicyclic) bond motifs is 2. The molecule has 0 saturated heterocycles. The largest absolute Gasteiger partial charge is 0.469 e. The number of carbonyl (C=O) groups excluding carboxylic acids is 2. The number of aromatic nitrogens is 4. The van der Waals surface area contributed by atoms with E-state index in [0.717, 1.165) is 77.4 Å². The lowest BCUT2D eigenvalue weighted by molar-refractivity contribution is -0.147. The van der Waals surface area contributed by atoms with Gasteiger partial charge in [-0.05, 0) is 63.1 Å². The number of alkyl halides is 3. The molecule has 0 aliphatic carbocycles. The SMILES string of the molecule is CC(C)OC(=O)CCCc1nc2cc(N(CCO)CCCl)ccc2n1C.COC(=O)CCCc1nc2cc(N(CCCl)CCCl)ccc2n1C. The fourth-order valence-electron chi connectivity index (χ4n) is 5.69. The molecular weight excluding hydrogens is 703 g/mol. The van der Waals surface area contributed by atoms with Crippen LogP contribution in [0.15, 0.2) is 36.4 Å². The minimum atomic E-state index is -0.186. The van der Waals surface area contributed by atoms with Crippen molar-refractivity contribution in [3.05, 3.63) is 48.0 Å². The Labute approximate surface area is 310 Å². The Bertz CT molecular complexity index is 1650. The third kappa shape index (κ3) is 11.9. The number of carbonyl (C=O) groups is 2. The first-order valence-corrected chi connectivity index (χ1v) is 18.6. The molecule has 0 aliphatic rings. The Morgan fingerprint density at radius 3 is 1.60 bits per heavy atom. The van der Waals surface area contributed by atoms with E-state index in [0.29, 0.717) is 50.0 Å². The Kier molecular flexibility index (Phi) is 17.5. The van der Waals surface area contributed by atoms with Gasteiger partial charge in [0, 0.05) is 95.0 Å². The summed E-state index contributed by atoms with van der Waals surface area (Å²) in [5, 5.41) is 9.24. The van der Waals surface area contributed by atoms with Gasteiger partial charge >= 0.3 is 11.9 Å². The molecule has 0 aliphatic heterocycles. The lowest BCUT2D eigenvalue weighted by Gasteiger charge is -2.22. The number of aliphatic hydroxyl groups is 1. The number of imidazole rings is 2. The Morgan fingerprint density at radius 1 is 0.760 bits per heavy atom. The highest BCUT2D eigenvalue weighted by atomic mass is 35.5. The van der Waals surface area contributed by atoms with Crippen molar-refractivity contribution in [2.45, 2.75) is 58.5 Å². The van der Waals surface area contributed by atoms with Crippen molar-refractivity contribution in [3.63, 3.8) is 0 Å². The van der Waals surface area contributed by atoms with E-state index in [9.17, 15) is 14.7 Å². The highest BCUT2D eigenvalue weighted by molar-refractivity contribution is 6.18. The van der Waals surface area contributed by atoms with Gasteiger partial charge in [0.1, 0.15) is 11.6 Å². The molecule has 1 N–H and O–H groups in total. The maximum atomic E-state index is 11.7. The summed E-state index contributed by atoms with van der Waals surface area (Å²) in [6.45, 7) is 6.49. The molecule has 0 saturated carbocycles. The maximum absolute atomic E-state index is 11.7. The molecule has 14 heteroatoms. The highest BCUT2D eigenvalue weighted by Gasteiger charge is 2.14. The molecule has 0 radical (unpaired) electrons. The molecule has 0 unspecified atom stereocenters. The zero-order valence-electron chi connectivity index (χ0n) is 29.8. The summed E-state index contributed by atoms with van der Waals surface area (Å²) in [6, 6.07) is 12.3. The van der Waals surface area contributed by atoms with Crippen molar-refractivity contribution >= 4 is 80.2 Å². The molecule has 2 aromatic heterocycles. The second-order valence-electron chi connectivity index (χ2n) is 12.1. The summed E-state index contributed by atoms with van der Waals surface area (Å²) < 4.78 is 14.0. The van der Waals surface area contributed by atoms with E-state index in [1.807, 2.05) is 51.0 Å². The van der Waals surface area contributed by atoms with Gasteiger partial charge in [-0.2, -0.15) is 0 Å². The van der Waals surface area contributed by atoms with E-state index in [4.69, 9.17) is 49.5 Å². The van der Waals surface area contributed by atoms with Crippen LogP contribution < -0.4 is 9.80 Å².